The maximum absolute atomic E-state index is 13.9. The molecule has 0 atom stereocenters. The third kappa shape index (κ3) is 8.57. The van der Waals surface area contributed by atoms with Crippen LogP contribution >= 0.6 is 46.1 Å². The number of aromatic nitrogens is 2. The first-order valence-corrected chi connectivity index (χ1v) is 18.9. The Morgan fingerprint density at radius 3 is 2.36 bits per heavy atom. The summed E-state index contributed by atoms with van der Waals surface area (Å²) >= 11 is 20.4. The van der Waals surface area contributed by atoms with Gasteiger partial charge >= 0.3 is 0 Å². The SMILES string of the molecule is O=C(NN1CCCCC1)c1nn(-c2ccc(Cl)cc2Cl)c(-c2ccc(C#Cc3ccc(Cl)cc3)s2)c1CNS(=O)(=O)NC1CCCC1. The Morgan fingerprint density at radius 2 is 1.64 bits per heavy atom. The van der Waals surface area contributed by atoms with Crippen molar-refractivity contribution in [1.82, 2.24) is 29.7 Å². The quantitative estimate of drug-likeness (QED) is 0.162. The van der Waals surface area contributed by atoms with Crippen molar-refractivity contribution in [3.05, 3.63) is 91.4 Å². The van der Waals surface area contributed by atoms with Gasteiger partial charge in [-0.1, -0.05) is 65.9 Å². The molecule has 0 bridgehead atoms. The Bertz CT molecular complexity index is 1920. The Morgan fingerprint density at radius 1 is 0.915 bits per heavy atom. The maximum atomic E-state index is 13.9. The lowest BCUT2D eigenvalue weighted by molar-refractivity contribution is 0.0743. The molecule has 3 heterocycles. The predicted octanol–water partition coefficient (Wildman–Crippen LogP) is 6.96. The second kappa shape index (κ2) is 15.1. The number of rotatable bonds is 9. The fraction of sp³-hybridized carbons (Fsp3) is 0.333. The van der Waals surface area contributed by atoms with Gasteiger partial charge in [0.15, 0.2) is 5.69 Å². The van der Waals surface area contributed by atoms with E-state index in [9.17, 15) is 13.2 Å². The summed E-state index contributed by atoms with van der Waals surface area (Å²) in [7, 11) is -3.89. The van der Waals surface area contributed by atoms with Gasteiger partial charge in [-0.15, -0.1) is 11.3 Å². The highest BCUT2D eigenvalue weighted by molar-refractivity contribution is 7.87. The molecule has 1 saturated carbocycles. The molecule has 1 aliphatic heterocycles. The average Bonchev–Trinajstić information content (AvgIpc) is 3.81. The van der Waals surface area contributed by atoms with Crippen molar-refractivity contribution in [1.29, 1.82) is 0 Å². The summed E-state index contributed by atoms with van der Waals surface area (Å²) in [5.41, 5.74) is 5.29. The van der Waals surface area contributed by atoms with Crippen LogP contribution in [0.1, 0.15) is 71.4 Å². The van der Waals surface area contributed by atoms with Crippen LogP contribution in [0.2, 0.25) is 15.1 Å². The molecule has 2 aromatic heterocycles. The summed E-state index contributed by atoms with van der Waals surface area (Å²) < 4.78 is 33.4. The van der Waals surface area contributed by atoms with E-state index < -0.39 is 16.1 Å². The van der Waals surface area contributed by atoms with Crippen LogP contribution in [-0.4, -0.2) is 48.2 Å². The van der Waals surface area contributed by atoms with Gasteiger partial charge in [0, 0.05) is 46.8 Å². The molecule has 1 saturated heterocycles. The van der Waals surface area contributed by atoms with E-state index in [1.165, 1.54) is 11.3 Å². The fourth-order valence-electron chi connectivity index (χ4n) is 5.75. The molecule has 2 aromatic carbocycles. The van der Waals surface area contributed by atoms with Crippen molar-refractivity contribution in [3.63, 3.8) is 0 Å². The van der Waals surface area contributed by atoms with Crippen LogP contribution in [0.25, 0.3) is 16.3 Å². The monoisotopic (exact) mass is 730 g/mol. The third-order valence-corrected chi connectivity index (χ3v) is 11.0. The Labute approximate surface area is 293 Å². The molecule has 2 aliphatic rings. The zero-order chi connectivity index (χ0) is 33.0. The fourth-order valence-corrected chi connectivity index (χ4v) is 8.38. The van der Waals surface area contributed by atoms with Gasteiger partial charge in [0.25, 0.3) is 16.1 Å². The number of halogens is 3. The molecule has 246 valence electrons. The molecular weight excluding hydrogens is 699 g/mol. The molecule has 3 N–H and O–H groups in total. The van der Waals surface area contributed by atoms with E-state index in [1.807, 2.05) is 29.3 Å². The summed E-state index contributed by atoms with van der Waals surface area (Å²) in [5, 5.41) is 8.05. The van der Waals surface area contributed by atoms with Gasteiger partial charge in [-0.2, -0.15) is 23.0 Å². The first kappa shape index (κ1) is 34.0. The molecule has 6 rings (SSSR count). The number of hydrogen-bond donors (Lipinski definition) is 3. The van der Waals surface area contributed by atoms with Crippen LogP contribution < -0.4 is 14.9 Å². The van der Waals surface area contributed by atoms with Gasteiger partial charge < -0.3 is 0 Å². The summed E-state index contributed by atoms with van der Waals surface area (Å²) in [4.78, 5) is 15.4. The average molecular weight is 732 g/mol. The van der Waals surface area contributed by atoms with E-state index in [0.717, 1.165) is 73.4 Å². The molecule has 1 aliphatic carbocycles. The van der Waals surface area contributed by atoms with Crippen molar-refractivity contribution in [2.75, 3.05) is 13.1 Å². The van der Waals surface area contributed by atoms with Crippen LogP contribution in [-0.2, 0) is 16.8 Å². The number of thiophene rings is 1. The number of benzene rings is 2. The smallest absolute Gasteiger partial charge is 0.283 e. The van der Waals surface area contributed by atoms with Gasteiger partial charge in [-0.3, -0.25) is 10.2 Å². The van der Waals surface area contributed by atoms with Gasteiger partial charge in [-0.05, 0) is 80.3 Å². The van der Waals surface area contributed by atoms with Crippen LogP contribution in [0.4, 0.5) is 0 Å². The van der Waals surface area contributed by atoms with Gasteiger partial charge in [0.05, 0.1) is 26.2 Å². The van der Waals surface area contributed by atoms with Crippen LogP contribution in [0.15, 0.2) is 54.6 Å². The number of hydrogen-bond acceptors (Lipinski definition) is 6. The highest BCUT2D eigenvalue weighted by atomic mass is 35.5. The second-order valence-electron chi connectivity index (χ2n) is 11.5. The second-order valence-corrected chi connectivity index (χ2v) is 15.4. The van der Waals surface area contributed by atoms with Crippen LogP contribution in [0.5, 0.6) is 0 Å². The standard InChI is InChI=1S/C33H33Cl3N6O3S2/c34-23-11-8-22(9-12-23)10-14-26-15-17-30(46-26)32-27(21-37-47(44,45)40-25-6-2-3-7-25)31(33(43)39-41-18-4-1-5-19-41)38-42(32)29-16-13-24(35)20-28(29)36/h8-9,11-13,15-17,20,25,37,40H,1-7,18-19,21H2,(H,39,43). The number of carbonyl (C=O) groups is 1. The minimum atomic E-state index is -3.89. The molecular formula is C33H33Cl3N6O3S2. The normalized spacial score (nSPS) is 15.8. The summed E-state index contributed by atoms with van der Waals surface area (Å²) in [6, 6.07) is 15.9. The lowest BCUT2D eigenvalue weighted by Gasteiger charge is -2.26. The molecule has 9 nitrogen and oxygen atoms in total. The zero-order valence-corrected chi connectivity index (χ0v) is 29.3. The van der Waals surface area contributed by atoms with E-state index in [4.69, 9.17) is 39.9 Å². The van der Waals surface area contributed by atoms with Gasteiger partial charge in [0.1, 0.15) is 0 Å². The molecule has 0 unspecified atom stereocenters. The number of piperidine rings is 1. The Kier molecular flexibility index (Phi) is 10.9. The van der Waals surface area contributed by atoms with Crippen molar-refractivity contribution < 1.29 is 13.2 Å². The maximum Gasteiger partial charge on any atom is 0.286 e. The molecule has 14 heteroatoms. The molecule has 2 fully saturated rings. The minimum absolute atomic E-state index is 0.0855. The van der Waals surface area contributed by atoms with E-state index >= 15 is 0 Å². The number of nitrogens with one attached hydrogen (secondary N) is 3. The van der Waals surface area contributed by atoms with Crippen molar-refractivity contribution in [3.8, 4) is 28.1 Å². The Balaban J connectivity index is 1.43. The first-order valence-electron chi connectivity index (χ1n) is 15.4. The lowest BCUT2D eigenvalue weighted by Crippen LogP contribution is -2.45. The molecule has 0 spiro atoms. The highest BCUT2D eigenvalue weighted by Crippen LogP contribution is 2.37. The molecule has 1 amide bonds. The third-order valence-electron chi connectivity index (χ3n) is 8.08. The van der Waals surface area contributed by atoms with Crippen LogP contribution in [0, 0.1) is 11.8 Å². The first-order chi connectivity index (χ1) is 22.6. The Hall–Kier alpha value is -2.92. The summed E-state index contributed by atoms with van der Waals surface area (Å²) in [6.45, 7) is 1.25. The largest absolute Gasteiger partial charge is 0.286 e. The lowest BCUT2D eigenvalue weighted by atomic mass is 10.1. The minimum Gasteiger partial charge on any atom is -0.283 e. The van der Waals surface area contributed by atoms with E-state index in [1.54, 1.807) is 35.0 Å². The predicted molar refractivity (Wildman–Crippen MR) is 188 cm³/mol. The molecule has 47 heavy (non-hydrogen) atoms. The molecule has 0 radical (unpaired) electrons. The van der Waals surface area contributed by atoms with E-state index in [-0.39, 0.29) is 18.3 Å². The van der Waals surface area contributed by atoms with Crippen molar-refractivity contribution >= 4 is 62.3 Å². The van der Waals surface area contributed by atoms with E-state index in [0.29, 0.717) is 32.0 Å². The number of hydrazine groups is 1. The number of carbonyl (C=O) groups excluding carboxylic acids is 1. The van der Waals surface area contributed by atoms with Gasteiger partial charge in [0.2, 0.25) is 0 Å². The van der Waals surface area contributed by atoms with Crippen molar-refractivity contribution in [2.45, 2.75) is 57.5 Å². The topological polar surface area (TPSA) is 108 Å². The van der Waals surface area contributed by atoms with Gasteiger partial charge in [-0.25, -0.2) is 9.69 Å². The van der Waals surface area contributed by atoms with Crippen molar-refractivity contribution in [2.24, 2.45) is 0 Å². The van der Waals surface area contributed by atoms with Crippen LogP contribution in [0.3, 0.4) is 0 Å². The highest BCUT2D eigenvalue weighted by Gasteiger charge is 2.29. The van der Waals surface area contributed by atoms with E-state index in [2.05, 4.69) is 26.7 Å². The number of amides is 1. The summed E-state index contributed by atoms with van der Waals surface area (Å²) in [6.07, 6.45) is 6.57. The zero-order valence-electron chi connectivity index (χ0n) is 25.4. The number of nitrogens with zero attached hydrogens (tertiary/aromatic N) is 3. The summed E-state index contributed by atoms with van der Waals surface area (Å²) in [5.74, 6) is 5.91. The molecule has 4 aromatic rings.